The summed E-state index contributed by atoms with van der Waals surface area (Å²) in [5, 5.41) is 15.4. The Morgan fingerprint density at radius 1 is 1.20 bits per heavy atom. The molecule has 0 atom stereocenters. The molecule has 0 spiro atoms. The zero-order chi connectivity index (χ0) is 14.0. The second-order valence-corrected chi connectivity index (χ2v) is 5.85. The molecule has 106 valence electrons. The Balaban J connectivity index is 1.90. The normalized spacial score (nSPS) is 26.6. The van der Waals surface area contributed by atoms with Gasteiger partial charge < -0.3 is 5.11 Å². The monoisotopic (exact) mass is 270 g/mol. The molecule has 0 bridgehead atoms. The van der Waals surface area contributed by atoms with E-state index in [9.17, 15) is 5.11 Å². The summed E-state index contributed by atoms with van der Waals surface area (Å²) >= 11 is 0. The van der Waals surface area contributed by atoms with Crippen LogP contribution in [0.3, 0.4) is 0 Å². The van der Waals surface area contributed by atoms with Crippen molar-refractivity contribution >= 4 is 0 Å². The molecule has 0 unspecified atom stereocenters. The maximum absolute atomic E-state index is 11.0. The van der Waals surface area contributed by atoms with Crippen LogP contribution < -0.4 is 0 Å². The number of aromatic nitrogens is 2. The summed E-state index contributed by atoms with van der Waals surface area (Å²) in [4.78, 5) is 0. The van der Waals surface area contributed by atoms with Crippen molar-refractivity contribution in [3.05, 3.63) is 48.3 Å². The van der Waals surface area contributed by atoms with Crippen molar-refractivity contribution in [2.45, 2.75) is 44.6 Å². The summed E-state index contributed by atoms with van der Waals surface area (Å²) in [7, 11) is 0. The van der Waals surface area contributed by atoms with Gasteiger partial charge in [0.1, 0.15) is 5.60 Å². The van der Waals surface area contributed by atoms with Gasteiger partial charge in [-0.15, -0.1) is 0 Å². The van der Waals surface area contributed by atoms with Gasteiger partial charge in [-0.2, -0.15) is 5.10 Å². The Morgan fingerprint density at radius 2 is 1.90 bits per heavy atom. The largest absolute Gasteiger partial charge is 0.384 e. The van der Waals surface area contributed by atoms with E-state index < -0.39 is 5.60 Å². The molecule has 0 saturated heterocycles. The van der Waals surface area contributed by atoms with Gasteiger partial charge in [0, 0.05) is 6.20 Å². The van der Waals surface area contributed by atoms with Crippen molar-refractivity contribution in [2.75, 3.05) is 0 Å². The van der Waals surface area contributed by atoms with Gasteiger partial charge in [-0.25, -0.2) is 4.68 Å². The van der Waals surface area contributed by atoms with Gasteiger partial charge in [0.05, 0.1) is 11.4 Å². The first-order valence-electron chi connectivity index (χ1n) is 7.55. The molecule has 1 aliphatic carbocycles. The number of benzene rings is 1. The Kier molecular flexibility index (Phi) is 3.62. The van der Waals surface area contributed by atoms with Gasteiger partial charge >= 0.3 is 0 Å². The van der Waals surface area contributed by atoms with Crippen molar-refractivity contribution < 1.29 is 5.11 Å². The number of hydrogen-bond acceptors (Lipinski definition) is 2. The Morgan fingerprint density at radius 3 is 2.55 bits per heavy atom. The number of nitrogens with zero attached hydrogens (tertiary/aromatic N) is 2. The lowest BCUT2D eigenvalue weighted by Gasteiger charge is -2.36. The van der Waals surface area contributed by atoms with Gasteiger partial charge in [-0.05, 0) is 49.8 Å². The summed E-state index contributed by atoms with van der Waals surface area (Å²) < 4.78 is 1.88. The van der Waals surface area contributed by atoms with Crippen LogP contribution in [0.4, 0.5) is 0 Å². The molecule has 1 aromatic heterocycles. The van der Waals surface area contributed by atoms with E-state index in [0.717, 1.165) is 43.0 Å². The van der Waals surface area contributed by atoms with E-state index in [1.807, 2.05) is 41.1 Å². The smallest absolute Gasteiger partial charge is 0.107 e. The minimum Gasteiger partial charge on any atom is -0.384 e. The second kappa shape index (κ2) is 5.41. The Bertz CT molecular complexity index is 553. The van der Waals surface area contributed by atoms with Crippen molar-refractivity contribution in [1.82, 2.24) is 9.78 Å². The maximum Gasteiger partial charge on any atom is 0.107 e. The molecule has 3 rings (SSSR count). The van der Waals surface area contributed by atoms with Gasteiger partial charge in [0.25, 0.3) is 0 Å². The molecule has 2 aromatic rings. The van der Waals surface area contributed by atoms with Gasteiger partial charge in [0.2, 0.25) is 0 Å². The van der Waals surface area contributed by atoms with Crippen LogP contribution >= 0.6 is 0 Å². The van der Waals surface area contributed by atoms with Crippen LogP contribution in [0.5, 0.6) is 0 Å². The van der Waals surface area contributed by atoms with Crippen LogP contribution in [-0.4, -0.2) is 14.9 Å². The predicted molar refractivity (Wildman–Crippen MR) is 79.7 cm³/mol. The topological polar surface area (TPSA) is 38.1 Å². The summed E-state index contributed by atoms with van der Waals surface area (Å²) in [6, 6.07) is 12.0. The first-order chi connectivity index (χ1) is 9.73. The average Bonchev–Trinajstić information content (AvgIpc) is 2.99. The number of para-hydroxylation sites is 1. The Hall–Kier alpha value is -1.61. The minimum atomic E-state index is -0.724. The van der Waals surface area contributed by atoms with E-state index in [0.29, 0.717) is 0 Å². The standard InChI is InChI=1S/C17H22N2O/c1-2-14-8-11-17(20,12-9-14)16-10-13-18-19(16)15-6-4-3-5-7-15/h3-7,10,13-14,20H,2,8-9,11-12H2,1H3. The molecule has 0 radical (unpaired) electrons. The third-order valence-corrected chi connectivity index (χ3v) is 4.63. The highest BCUT2D eigenvalue weighted by molar-refractivity contribution is 5.34. The van der Waals surface area contributed by atoms with Crippen LogP contribution in [0.25, 0.3) is 5.69 Å². The van der Waals surface area contributed by atoms with Gasteiger partial charge in [-0.3, -0.25) is 0 Å². The third-order valence-electron chi connectivity index (χ3n) is 4.63. The van der Waals surface area contributed by atoms with E-state index in [-0.39, 0.29) is 0 Å². The quantitative estimate of drug-likeness (QED) is 0.924. The van der Waals surface area contributed by atoms with Crippen molar-refractivity contribution in [1.29, 1.82) is 0 Å². The maximum atomic E-state index is 11.0. The summed E-state index contributed by atoms with van der Waals surface area (Å²) in [5.41, 5.74) is 1.22. The molecule has 1 aromatic carbocycles. The lowest BCUT2D eigenvalue weighted by atomic mass is 9.76. The van der Waals surface area contributed by atoms with E-state index >= 15 is 0 Å². The van der Waals surface area contributed by atoms with Crippen molar-refractivity contribution in [3.63, 3.8) is 0 Å². The lowest BCUT2D eigenvalue weighted by molar-refractivity contribution is -0.0202. The highest BCUT2D eigenvalue weighted by atomic mass is 16.3. The molecular formula is C17H22N2O. The zero-order valence-electron chi connectivity index (χ0n) is 12.0. The van der Waals surface area contributed by atoms with Gasteiger partial charge in [-0.1, -0.05) is 31.5 Å². The van der Waals surface area contributed by atoms with Crippen molar-refractivity contribution in [2.24, 2.45) is 5.92 Å². The summed E-state index contributed by atoms with van der Waals surface area (Å²) in [6.45, 7) is 2.24. The van der Waals surface area contributed by atoms with Crippen LogP contribution in [0.1, 0.15) is 44.7 Å². The van der Waals surface area contributed by atoms with Crippen LogP contribution in [0.2, 0.25) is 0 Å². The number of hydrogen-bond donors (Lipinski definition) is 1. The van der Waals surface area contributed by atoms with Crippen LogP contribution in [-0.2, 0) is 5.60 Å². The molecule has 0 aliphatic heterocycles. The molecule has 1 fully saturated rings. The summed E-state index contributed by atoms with van der Waals surface area (Å²) in [6.07, 6.45) is 6.88. The lowest BCUT2D eigenvalue weighted by Crippen LogP contribution is -2.33. The number of rotatable bonds is 3. The zero-order valence-corrected chi connectivity index (χ0v) is 12.0. The molecule has 3 nitrogen and oxygen atoms in total. The van der Waals surface area contributed by atoms with E-state index in [1.54, 1.807) is 6.20 Å². The molecule has 0 amide bonds. The molecule has 1 N–H and O–H groups in total. The first kappa shape index (κ1) is 13.4. The summed E-state index contributed by atoms with van der Waals surface area (Å²) in [5.74, 6) is 0.767. The fourth-order valence-corrected chi connectivity index (χ4v) is 3.25. The Labute approximate surface area is 120 Å². The van der Waals surface area contributed by atoms with E-state index in [1.165, 1.54) is 6.42 Å². The molecular weight excluding hydrogens is 248 g/mol. The van der Waals surface area contributed by atoms with Gasteiger partial charge in [0.15, 0.2) is 0 Å². The van der Waals surface area contributed by atoms with Crippen molar-refractivity contribution in [3.8, 4) is 5.69 Å². The first-order valence-corrected chi connectivity index (χ1v) is 7.55. The average molecular weight is 270 g/mol. The molecule has 3 heteroatoms. The van der Waals surface area contributed by atoms with E-state index in [2.05, 4.69) is 12.0 Å². The SMILES string of the molecule is CCC1CCC(O)(c2ccnn2-c2ccccc2)CC1. The fourth-order valence-electron chi connectivity index (χ4n) is 3.25. The van der Waals surface area contributed by atoms with Crippen LogP contribution in [0, 0.1) is 5.92 Å². The highest BCUT2D eigenvalue weighted by Crippen LogP contribution is 2.40. The molecule has 1 aliphatic rings. The van der Waals surface area contributed by atoms with Crippen LogP contribution in [0.15, 0.2) is 42.6 Å². The minimum absolute atomic E-state index is 0.724. The fraction of sp³-hybridized carbons (Fsp3) is 0.471. The third kappa shape index (κ3) is 2.38. The highest BCUT2D eigenvalue weighted by Gasteiger charge is 2.37. The van der Waals surface area contributed by atoms with E-state index in [4.69, 9.17) is 0 Å². The number of aliphatic hydroxyl groups is 1. The molecule has 1 saturated carbocycles. The molecule has 1 heterocycles. The molecule has 20 heavy (non-hydrogen) atoms. The second-order valence-electron chi connectivity index (χ2n) is 5.85. The predicted octanol–water partition coefficient (Wildman–Crippen LogP) is 3.66.